The number of fused-ring (bicyclic) bond motifs is 3. The van der Waals surface area contributed by atoms with E-state index in [9.17, 15) is 0 Å². The number of hydrogen-bond acceptors (Lipinski definition) is 4. The summed E-state index contributed by atoms with van der Waals surface area (Å²) in [5.41, 5.74) is 8.56. The van der Waals surface area contributed by atoms with Crippen LogP contribution in [0, 0.1) is 6.92 Å². The minimum Gasteiger partial charge on any atom is -0.326 e. The van der Waals surface area contributed by atoms with Crippen LogP contribution in [-0.4, -0.2) is 64.4 Å². The predicted octanol–water partition coefficient (Wildman–Crippen LogP) is 0.252. The van der Waals surface area contributed by atoms with Crippen LogP contribution in [0.3, 0.4) is 0 Å². The van der Waals surface area contributed by atoms with Gasteiger partial charge in [-0.2, -0.15) is 5.10 Å². The van der Waals surface area contributed by atoms with Gasteiger partial charge in [0, 0.05) is 57.4 Å². The molecule has 3 aliphatic heterocycles. The van der Waals surface area contributed by atoms with Gasteiger partial charge in [-0.05, 0) is 13.3 Å². The molecular weight excluding hydrogens is 262 g/mol. The summed E-state index contributed by atoms with van der Waals surface area (Å²) in [5.74, 6) is 0. The number of aryl methyl sites for hydroxylation is 2. The number of nitrogens with zero attached hydrogens (tertiary/aromatic N) is 4. The highest BCUT2D eigenvalue weighted by atomic mass is 35.5. The van der Waals surface area contributed by atoms with E-state index in [2.05, 4.69) is 14.9 Å². The SMILES string of the molecule is Cc1nn(C)c(Cl)c1CC(N)C1CN2CCN1CC2. The number of aromatic nitrogens is 2. The smallest absolute Gasteiger partial charge is 0.130 e. The molecule has 0 aliphatic carbocycles. The maximum Gasteiger partial charge on any atom is 0.130 e. The molecule has 6 heteroatoms. The van der Waals surface area contributed by atoms with E-state index in [4.69, 9.17) is 17.3 Å². The number of piperazine rings is 3. The van der Waals surface area contributed by atoms with Gasteiger partial charge in [0.2, 0.25) is 0 Å². The fourth-order valence-electron chi connectivity index (χ4n) is 3.34. The number of rotatable bonds is 3. The van der Waals surface area contributed by atoms with Gasteiger partial charge in [-0.25, -0.2) is 0 Å². The van der Waals surface area contributed by atoms with E-state index in [0.29, 0.717) is 6.04 Å². The molecule has 3 fully saturated rings. The van der Waals surface area contributed by atoms with E-state index in [-0.39, 0.29) is 6.04 Å². The van der Waals surface area contributed by atoms with Crippen LogP contribution < -0.4 is 5.73 Å². The number of nitrogens with two attached hydrogens (primary N) is 1. The van der Waals surface area contributed by atoms with Crippen molar-refractivity contribution in [3.63, 3.8) is 0 Å². The minimum absolute atomic E-state index is 0.128. The molecule has 4 rings (SSSR count). The third kappa shape index (κ3) is 2.40. The van der Waals surface area contributed by atoms with Crippen LogP contribution in [0.5, 0.6) is 0 Å². The molecule has 3 aliphatic rings. The molecule has 2 N–H and O–H groups in total. The van der Waals surface area contributed by atoms with Crippen molar-refractivity contribution in [1.29, 1.82) is 0 Å². The van der Waals surface area contributed by atoms with Crippen molar-refractivity contribution in [3.8, 4) is 0 Å². The Labute approximate surface area is 119 Å². The molecule has 0 aromatic carbocycles. The van der Waals surface area contributed by atoms with E-state index in [1.807, 2.05) is 14.0 Å². The van der Waals surface area contributed by atoms with Crippen molar-refractivity contribution in [2.45, 2.75) is 25.4 Å². The molecule has 0 radical (unpaired) electrons. The fraction of sp³-hybridized carbons (Fsp3) is 0.769. The Kier molecular flexibility index (Phi) is 3.55. The van der Waals surface area contributed by atoms with Gasteiger partial charge in [0.05, 0.1) is 5.69 Å². The van der Waals surface area contributed by atoms with Gasteiger partial charge in [-0.1, -0.05) is 11.6 Å². The lowest BCUT2D eigenvalue weighted by Gasteiger charge is -2.49. The van der Waals surface area contributed by atoms with Crippen LogP contribution in [0.4, 0.5) is 0 Å². The van der Waals surface area contributed by atoms with Gasteiger partial charge in [0.25, 0.3) is 0 Å². The summed E-state index contributed by atoms with van der Waals surface area (Å²) in [6.07, 6.45) is 0.813. The second-order valence-corrected chi connectivity index (χ2v) is 6.11. The molecule has 0 saturated carbocycles. The summed E-state index contributed by atoms with van der Waals surface area (Å²) in [7, 11) is 1.88. The predicted molar refractivity (Wildman–Crippen MR) is 76.4 cm³/mol. The Bertz CT molecular complexity index is 464. The maximum atomic E-state index is 6.45. The molecule has 0 spiro atoms. The lowest BCUT2D eigenvalue weighted by molar-refractivity contribution is 0.00257. The van der Waals surface area contributed by atoms with Gasteiger partial charge in [0.15, 0.2) is 0 Å². The summed E-state index contributed by atoms with van der Waals surface area (Å²) in [6, 6.07) is 0.585. The Morgan fingerprint density at radius 1 is 1.37 bits per heavy atom. The standard InChI is InChI=1S/C13H22ClN5/c1-9-10(13(14)17(2)16-9)7-11(15)12-8-18-3-5-19(12)6-4-18/h11-12H,3-8,15H2,1-2H3. The van der Waals surface area contributed by atoms with Crippen LogP contribution >= 0.6 is 11.6 Å². The van der Waals surface area contributed by atoms with Gasteiger partial charge in [0.1, 0.15) is 5.15 Å². The molecule has 4 heterocycles. The highest BCUT2D eigenvalue weighted by Crippen LogP contribution is 2.24. The van der Waals surface area contributed by atoms with Crippen LogP contribution in [0.25, 0.3) is 0 Å². The van der Waals surface area contributed by atoms with Gasteiger partial charge in [-0.15, -0.1) is 0 Å². The third-order valence-corrected chi connectivity index (χ3v) is 5.00. The Morgan fingerprint density at radius 2 is 2.05 bits per heavy atom. The molecule has 2 unspecified atom stereocenters. The second-order valence-electron chi connectivity index (χ2n) is 5.75. The monoisotopic (exact) mass is 283 g/mol. The van der Waals surface area contributed by atoms with Crippen molar-refractivity contribution < 1.29 is 0 Å². The quantitative estimate of drug-likeness (QED) is 0.864. The third-order valence-electron chi connectivity index (χ3n) is 4.53. The Hall–Kier alpha value is -0.620. The molecule has 2 atom stereocenters. The Morgan fingerprint density at radius 3 is 2.53 bits per heavy atom. The molecule has 0 amide bonds. The van der Waals surface area contributed by atoms with Crippen molar-refractivity contribution in [2.24, 2.45) is 12.8 Å². The lowest BCUT2D eigenvalue weighted by Crippen LogP contribution is -2.66. The summed E-state index contributed by atoms with van der Waals surface area (Å²) in [5, 5.41) is 5.09. The first-order valence-electron chi connectivity index (χ1n) is 6.96. The largest absolute Gasteiger partial charge is 0.326 e. The Balaban J connectivity index is 1.73. The first-order chi connectivity index (χ1) is 9.06. The minimum atomic E-state index is 0.128. The fourth-order valence-corrected chi connectivity index (χ4v) is 3.59. The summed E-state index contributed by atoms with van der Waals surface area (Å²) >= 11 is 6.30. The van der Waals surface area contributed by atoms with Crippen LogP contribution in [-0.2, 0) is 13.5 Å². The average molecular weight is 284 g/mol. The zero-order valence-corrected chi connectivity index (χ0v) is 12.4. The normalized spacial score (nSPS) is 31.7. The second kappa shape index (κ2) is 5.05. The highest BCUT2D eigenvalue weighted by Gasteiger charge is 2.35. The van der Waals surface area contributed by atoms with Crippen molar-refractivity contribution >= 4 is 11.6 Å². The molecule has 1 aromatic heterocycles. The zero-order valence-electron chi connectivity index (χ0n) is 11.6. The van der Waals surface area contributed by atoms with Crippen LogP contribution in [0.15, 0.2) is 0 Å². The van der Waals surface area contributed by atoms with Crippen molar-refractivity contribution in [3.05, 3.63) is 16.4 Å². The first-order valence-corrected chi connectivity index (χ1v) is 7.34. The van der Waals surface area contributed by atoms with E-state index >= 15 is 0 Å². The van der Waals surface area contributed by atoms with Gasteiger partial charge < -0.3 is 5.73 Å². The van der Waals surface area contributed by atoms with Crippen LogP contribution in [0.1, 0.15) is 11.3 Å². The van der Waals surface area contributed by atoms with Crippen LogP contribution in [0.2, 0.25) is 5.15 Å². The first kappa shape index (κ1) is 13.4. The van der Waals surface area contributed by atoms with Crippen molar-refractivity contribution in [2.75, 3.05) is 32.7 Å². The highest BCUT2D eigenvalue weighted by molar-refractivity contribution is 6.30. The van der Waals surface area contributed by atoms with Crippen molar-refractivity contribution in [1.82, 2.24) is 19.6 Å². The van der Waals surface area contributed by atoms with Gasteiger partial charge >= 0.3 is 0 Å². The topological polar surface area (TPSA) is 50.3 Å². The zero-order chi connectivity index (χ0) is 13.6. The average Bonchev–Trinajstić information content (AvgIpc) is 2.66. The molecule has 2 bridgehead atoms. The summed E-state index contributed by atoms with van der Waals surface area (Å²) in [6.45, 7) is 7.78. The molecule has 3 saturated heterocycles. The maximum absolute atomic E-state index is 6.45. The van der Waals surface area contributed by atoms with Gasteiger partial charge in [-0.3, -0.25) is 14.5 Å². The summed E-state index contributed by atoms with van der Waals surface area (Å²) in [4.78, 5) is 5.05. The van der Waals surface area contributed by atoms with E-state index < -0.39 is 0 Å². The summed E-state index contributed by atoms with van der Waals surface area (Å²) < 4.78 is 1.73. The molecular formula is C13H22ClN5. The molecule has 5 nitrogen and oxygen atoms in total. The number of halogens is 1. The molecule has 106 valence electrons. The van der Waals surface area contributed by atoms with E-state index in [1.165, 1.54) is 13.1 Å². The lowest BCUT2D eigenvalue weighted by atomic mass is 9.95. The van der Waals surface area contributed by atoms with E-state index in [1.54, 1.807) is 4.68 Å². The molecule has 1 aromatic rings. The number of hydrogen-bond donors (Lipinski definition) is 1. The van der Waals surface area contributed by atoms with E-state index in [0.717, 1.165) is 42.5 Å². The molecule has 19 heavy (non-hydrogen) atoms.